The van der Waals surface area contributed by atoms with Crippen LogP contribution in [0.4, 0.5) is 0 Å². The number of hydrogen-bond acceptors (Lipinski definition) is 3. The number of rotatable bonds is 6. The predicted molar refractivity (Wildman–Crippen MR) is 108 cm³/mol. The average Bonchev–Trinajstić information content (AvgIpc) is 2.90. The molecule has 0 aliphatic carbocycles. The van der Waals surface area contributed by atoms with Gasteiger partial charge in [0.05, 0.1) is 13.2 Å². The predicted octanol–water partition coefficient (Wildman–Crippen LogP) is 4.18. The van der Waals surface area contributed by atoms with Gasteiger partial charge in [-0.1, -0.05) is 49.7 Å². The van der Waals surface area contributed by atoms with Gasteiger partial charge in [-0.25, -0.2) is 0 Å². The SMILES string of the molecule is Cc1ccc(C(C)(C)CNC(=O)CCc2ccc3c(c2)OCCCO3)cc1. The van der Waals surface area contributed by atoms with Gasteiger partial charge in [-0.05, 0) is 36.6 Å². The van der Waals surface area contributed by atoms with E-state index in [9.17, 15) is 4.79 Å². The summed E-state index contributed by atoms with van der Waals surface area (Å²) < 4.78 is 11.4. The van der Waals surface area contributed by atoms with Gasteiger partial charge in [-0.15, -0.1) is 0 Å². The second kappa shape index (κ2) is 8.47. The first-order chi connectivity index (χ1) is 12.9. The highest BCUT2D eigenvalue weighted by atomic mass is 16.5. The molecule has 1 aliphatic rings. The Labute approximate surface area is 161 Å². The van der Waals surface area contributed by atoms with Crippen molar-refractivity contribution in [1.29, 1.82) is 0 Å². The van der Waals surface area contributed by atoms with Gasteiger partial charge in [0.25, 0.3) is 0 Å². The van der Waals surface area contributed by atoms with Crippen LogP contribution in [-0.4, -0.2) is 25.7 Å². The van der Waals surface area contributed by atoms with Gasteiger partial charge in [-0.2, -0.15) is 0 Å². The van der Waals surface area contributed by atoms with E-state index in [-0.39, 0.29) is 11.3 Å². The van der Waals surface area contributed by atoms with Gasteiger partial charge in [0.15, 0.2) is 11.5 Å². The number of amides is 1. The Kier molecular flexibility index (Phi) is 6.04. The maximum Gasteiger partial charge on any atom is 0.220 e. The molecule has 1 aliphatic heterocycles. The molecule has 0 aromatic heterocycles. The molecule has 2 aromatic carbocycles. The summed E-state index contributed by atoms with van der Waals surface area (Å²) >= 11 is 0. The highest BCUT2D eigenvalue weighted by molar-refractivity contribution is 5.76. The van der Waals surface area contributed by atoms with E-state index >= 15 is 0 Å². The zero-order valence-electron chi connectivity index (χ0n) is 16.5. The van der Waals surface area contributed by atoms with E-state index in [1.54, 1.807) is 0 Å². The molecule has 3 rings (SSSR count). The van der Waals surface area contributed by atoms with Crippen molar-refractivity contribution in [3.05, 3.63) is 59.2 Å². The number of ether oxygens (including phenoxy) is 2. The fraction of sp³-hybridized carbons (Fsp3) is 0.435. The van der Waals surface area contributed by atoms with Crippen molar-refractivity contribution in [2.45, 2.75) is 45.4 Å². The van der Waals surface area contributed by atoms with Crippen LogP contribution in [0.3, 0.4) is 0 Å². The molecule has 27 heavy (non-hydrogen) atoms. The maximum absolute atomic E-state index is 12.3. The zero-order chi connectivity index (χ0) is 19.3. The molecule has 144 valence electrons. The van der Waals surface area contributed by atoms with Crippen molar-refractivity contribution < 1.29 is 14.3 Å². The summed E-state index contributed by atoms with van der Waals surface area (Å²) in [5.74, 6) is 1.65. The quantitative estimate of drug-likeness (QED) is 0.833. The third-order valence-corrected chi connectivity index (χ3v) is 5.01. The average molecular weight is 367 g/mol. The third kappa shape index (κ3) is 5.25. The van der Waals surface area contributed by atoms with E-state index in [1.165, 1.54) is 11.1 Å². The van der Waals surface area contributed by atoms with Crippen molar-refractivity contribution in [1.82, 2.24) is 5.32 Å². The van der Waals surface area contributed by atoms with Gasteiger partial charge in [0.1, 0.15) is 0 Å². The summed E-state index contributed by atoms with van der Waals surface area (Å²) in [6, 6.07) is 14.4. The van der Waals surface area contributed by atoms with Crippen LogP contribution in [0.1, 0.15) is 43.4 Å². The Morgan fingerprint density at radius 1 is 1.04 bits per heavy atom. The summed E-state index contributed by atoms with van der Waals surface area (Å²) in [5, 5.41) is 3.08. The smallest absolute Gasteiger partial charge is 0.220 e. The molecule has 0 radical (unpaired) electrons. The Bertz CT molecular complexity index is 781. The lowest BCUT2D eigenvalue weighted by atomic mass is 9.84. The van der Waals surface area contributed by atoms with Crippen LogP contribution >= 0.6 is 0 Å². The number of aryl methyl sites for hydroxylation is 2. The normalized spacial score (nSPS) is 13.7. The van der Waals surface area contributed by atoms with Crippen molar-refractivity contribution in [3.63, 3.8) is 0 Å². The lowest BCUT2D eigenvalue weighted by molar-refractivity contribution is -0.121. The first-order valence-electron chi connectivity index (χ1n) is 9.66. The largest absolute Gasteiger partial charge is 0.490 e. The Hall–Kier alpha value is -2.49. The van der Waals surface area contributed by atoms with E-state index in [2.05, 4.69) is 50.4 Å². The molecular formula is C23H29NO3. The van der Waals surface area contributed by atoms with Crippen molar-refractivity contribution in [3.8, 4) is 11.5 Å². The summed E-state index contributed by atoms with van der Waals surface area (Å²) in [7, 11) is 0. The van der Waals surface area contributed by atoms with Gasteiger partial charge in [-0.3, -0.25) is 4.79 Å². The van der Waals surface area contributed by atoms with E-state index in [0.717, 1.165) is 23.5 Å². The molecular weight excluding hydrogens is 338 g/mol. The van der Waals surface area contributed by atoms with Crippen molar-refractivity contribution in [2.75, 3.05) is 19.8 Å². The fourth-order valence-corrected chi connectivity index (χ4v) is 3.14. The molecule has 0 fully saturated rings. The van der Waals surface area contributed by atoms with Crippen LogP contribution in [0, 0.1) is 6.92 Å². The number of benzene rings is 2. The Morgan fingerprint density at radius 3 is 2.48 bits per heavy atom. The molecule has 0 unspecified atom stereocenters. The van der Waals surface area contributed by atoms with E-state index in [4.69, 9.17) is 9.47 Å². The lowest BCUT2D eigenvalue weighted by Gasteiger charge is -2.26. The molecule has 0 atom stereocenters. The van der Waals surface area contributed by atoms with E-state index in [1.807, 2.05) is 18.2 Å². The molecule has 0 bridgehead atoms. The number of hydrogen-bond donors (Lipinski definition) is 1. The number of carbonyl (C=O) groups excluding carboxylic acids is 1. The number of nitrogens with one attached hydrogen (secondary N) is 1. The Morgan fingerprint density at radius 2 is 1.74 bits per heavy atom. The summed E-state index contributed by atoms with van der Waals surface area (Å²) in [5.41, 5.74) is 3.47. The second-order valence-electron chi connectivity index (χ2n) is 7.86. The molecule has 1 heterocycles. The minimum absolute atomic E-state index is 0.0716. The van der Waals surface area contributed by atoms with Crippen LogP contribution in [0.15, 0.2) is 42.5 Å². The molecule has 0 saturated heterocycles. The number of fused-ring (bicyclic) bond motifs is 1. The maximum atomic E-state index is 12.3. The molecule has 1 N–H and O–H groups in total. The lowest BCUT2D eigenvalue weighted by Crippen LogP contribution is -2.36. The summed E-state index contributed by atoms with van der Waals surface area (Å²) in [6.45, 7) is 8.37. The first-order valence-corrected chi connectivity index (χ1v) is 9.66. The van der Waals surface area contributed by atoms with Crippen LogP contribution in [0.5, 0.6) is 11.5 Å². The van der Waals surface area contributed by atoms with Gasteiger partial charge in [0, 0.05) is 24.8 Å². The van der Waals surface area contributed by atoms with E-state index < -0.39 is 0 Å². The van der Waals surface area contributed by atoms with Crippen LogP contribution < -0.4 is 14.8 Å². The van der Waals surface area contributed by atoms with Crippen LogP contribution in [0.2, 0.25) is 0 Å². The van der Waals surface area contributed by atoms with Gasteiger partial charge >= 0.3 is 0 Å². The second-order valence-corrected chi connectivity index (χ2v) is 7.86. The minimum Gasteiger partial charge on any atom is -0.490 e. The van der Waals surface area contributed by atoms with Gasteiger partial charge in [0.2, 0.25) is 5.91 Å². The first kappa shape index (κ1) is 19.3. The zero-order valence-corrected chi connectivity index (χ0v) is 16.5. The highest BCUT2D eigenvalue weighted by Crippen LogP contribution is 2.30. The molecule has 1 amide bonds. The van der Waals surface area contributed by atoms with Crippen molar-refractivity contribution >= 4 is 5.91 Å². The summed E-state index contributed by atoms with van der Waals surface area (Å²) in [4.78, 5) is 12.3. The number of carbonyl (C=O) groups is 1. The third-order valence-electron chi connectivity index (χ3n) is 5.01. The topological polar surface area (TPSA) is 47.6 Å². The molecule has 0 spiro atoms. The summed E-state index contributed by atoms with van der Waals surface area (Å²) in [6.07, 6.45) is 2.04. The molecule has 0 saturated carbocycles. The highest BCUT2D eigenvalue weighted by Gasteiger charge is 2.21. The molecule has 4 heteroatoms. The van der Waals surface area contributed by atoms with Gasteiger partial charge < -0.3 is 14.8 Å². The van der Waals surface area contributed by atoms with E-state index in [0.29, 0.717) is 32.6 Å². The Balaban J connectivity index is 1.51. The van der Waals surface area contributed by atoms with Crippen LogP contribution in [-0.2, 0) is 16.6 Å². The van der Waals surface area contributed by atoms with Crippen molar-refractivity contribution in [2.24, 2.45) is 0 Å². The molecule has 4 nitrogen and oxygen atoms in total. The standard InChI is InChI=1S/C23H29NO3/c1-17-5-9-19(10-6-17)23(2,3)16-24-22(25)12-8-18-7-11-20-21(15-18)27-14-4-13-26-20/h5-7,9-11,15H,4,8,12-14,16H2,1-3H3,(H,24,25). The van der Waals surface area contributed by atoms with Crippen LogP contribution in [0.25, 0.3) is 0 Å². The fourth-order valence-electron chi connectivity index (χ4n) is 3.14. The monoisotopic (exact) mass is 367 g/mol. The minimum atomic E-state index is -0.0986. The molecule has 2 aromatic rings.